The molecule has 3 aliphatic rings. The lowest BCUT2D eigenvalue weighted by molar-refractivity contribution is -0.132. The smallest absolute Gasteiger partial charge is 0.222 e. The van der Waals surface area contributed by atoms with E-state index in [2.05, 4.69) is 31.8 Å². The van der Waals surface area contributed by atoms with E-state index in [9.17, 15) is 4.79 Å². The summed E-state index contributed by atoms with van der Waals surface area (Å²) in [4.78, 5) is 24.5. The van der Waals surface area contributed by atoms with Crippen molar-refractivity contribution in [2.24, 2.45) is 5.92 Å². The van der Waals surface area contributed by atoms with E-state index in [1.54, 1.807) is 0 Å². The Kier molecular flexibility index (Phi) is 7.52. The fraction of sp³-hybridized carbons (Fsp3) is 0.739. The Hall–Kier alpha value is -1.50. The van der Waals surface area contributed by atoms with Crippen LogP contribution in [0.25, 0.3) is 0 Å². The monoisotopic (exact) mass is 400 g/mol. The Bertz CT molecular complexity index is 629. The Morgan fingerprint density at radius 2 is 1.90 bits per heavy atom. The molecule has 0 radical (unpaired) electrons. The van der Waals surface area contributed by atoms with E-state index < -0.39 is 0 Å². The second-order valence-electron chi connectivity index (χ2n) is 8.80. The van der Waals surface area contributed by atoms with Gasteiger partial charge in [0.1, 0.15) is 0 Å². The molecule has 4 rings (SSSR count). The molecule has 29 heavy (non-hydrogen) atoms. The van der Waals surface area contributed by atoms with E-state index in [-0.39, 0.29) is 0 Å². The number of piperidine rings is 2. The summed E-state index contributed by atoms with van der Waals surface area (Å²) in [6.07, 6.45) is 8.36. The molecular formula is C23H36N4O2. The van der Waals surface area contributed by atoms with Gasteiger partial charge in [0.2, 0.25) is 5.91 Å². The fourth-order valence-corrected chi connectivity index (χ4v) is 5.24. The summed E-state index contributed by atoms with van der Waals surface area (Å²) in [5, 5.41) is 0. The molecule has 0 spiro atoms. The molecule has 4 heterocycles. The van der Waals surface area contributed by atoms with Gasteiger partial charge in [0.25, 0.3) is 0 Å². The van der Waals surface area contributed by atoms with Gasteiger partial charge in [-0.25, -0.2) is 0 Å². The number of carbonyl (C=O) groups excluding carboxylic acids is 1. The maximum absolute atomic E-state index is 12.8. The number of carbonyl (C=O) groups is 1. The Morgan fingerprint density at radius 3 is 2.66 bits per heavy atom. The van der Waals surface area contributed by atoms with Crippen molar-refractivity contribution < 1.29 is 9.53 Å². The topological polar surface area (TPSA) is 48.9 Å². The zero-order valence-corrected chi connectivity index (χ0v) is 17.7. The van der Waals surface area contributed by atoms with E-state index in [1.165, 1.54) is 25.7 Å². The van der Waals surface area contributed by atoms with Crippen molar-refractivity contribution in [3.05, 3.63) is 30.1 Å². The first kappa shape index (κ1) is 20.8. The normalized spacial score (nSPS) is 27.1. The lowest BCUT2D eigenvalue weighted by atomic mass is 9.86. The van der Waals surface area contributed by atoms with Crippen LogP contribution < -0.4 is 0 Å². The third-order valence-electron chi connectivity index (χ3n) is 6.84. The molecule has 0 saturated carbocycles. The molecule has 160 valence electrons. The van der Waals surface area contributed by atoms with Gasteiger partial charge in [-0.3, -0.25) is 19.6 Å². The molecule has 1 aromatic rings. The minimum Gasteiger partial charge on any atom is -0.379 e. The lowest BCUT2D eigenvalue weighted by Gasteiger charge is -2.45. The predicted molar refractivity (Wildman–Crippen MR) is 113 cm³/mol. The van der Waals surface area contributed by atoms with Gasteiger partial charge in [-0.05, 0) is 50.2 Å². The van der Waals surface area contributed by atoms with Gasteiger partial charge in [-0.1, -0.05) is 6.07 Å². The quantitative estimate of drug-likeness (QED) is 0.734. The summed E-state index contributed by atoms with van der Waals surface area (Å²) in [6.45, 7) is 8.74. The maximum Gasteiger partial charge on any atom is 0.222 e. The Labute approximate surface area is 175 Å². The number of pyridine rings is 1. The van der Waals surface area contributed by atoms with Crippen molar-refractivity contribution in [3.8, 4) is 0 Å². The number of nitrogens with zero attached hydrogens (tertiary/aromatic N) is 4. The summed E-state index contributed by atoms with van der Waals surface area (Å²) in [6, 6.07) is 6.73. The second kappa shape index (κ2) is 10.5. The van der Waals surface area contributed by atoms with Crippen molar-refractivity contribution in [1.29, 1.82) is 0 Å². The average molecular weight is 401 g/mol. The summed E-state index contributed by atoms with van der Waals surface area (Å²) >= 11 is 0. The van der Waals surface area contributed by atoms with Crippen molar-refractivity contribution in [1.82, 2.24) is 19.7 Å². The van der Waals surface area contributed by atoms with Gasteiger partial charge in [0, 0.05) is 64.5 Å². The first-order valence-corrected chi connectivity index (χ1v) is 11.5. The molecule has 1 aromatic heterocycles. The molecule has 0 aliphatic carbocycles. The number of likely N-dealkylation sites (tertiary alicyclic amines) is 2. The minimum atomic E-state index is 0.368. The maximum atomic E-state index is 12.8. The van der Waals surface area contributed by atoms with E-state index in [4.69, 9.17) is 4.74 Å². The van der Waals surface area contributed by atoms with Gasteiger partial charge >= 0.3 is 0 Å². The first-order valence-electron chi connectivity index (χ1n) is 11.5. The summed E-state index contributed by atoms with van der Waals surface area (Å²) in [5.41, 5.74) is 1.14. The van der Waals surface area contributed by atoms with Crippen LogP contribution in [0.15, 0.2) is 24.4 Å². The number of hydrogen-bond acceptors (Lipinski definition) is 5. The number of rotatable bonds is 6. The van der Waals surface area contributed by atoms with Crippen molar-refractivity contribution in [2.75, 3.05) is 52.5 Å². The summed E-state index contributed by atoms with van der Waals surface area (Å²) in [7, 11) is 0. The van der Waals surface area contributed by atoms with Gasteiger partial charge in [-0.15, -0.1) is 0 Å². The highest BCUT2D eigenvalue weighted by atomic mass is 16.5. The third kappa shape index (κ3) is 5.77. The molecule has 0 unspecified atom stereocenters. The number of ether oxygens (including phenoxy) is 1. The molecule has 3 saturated heterocycles. The standard InChI is InChI=1S/C23H36N4O2/c28-23(27-11-4-1-5-12-27)8-7-20-18-25(19-21-6-2-3-10-24-21)13-9-22(20)26-14-16-29-17-15-26/h2-3,6,10,20,22H,1,4-5,7-9,11-19H2/t20-,22+/m0/s1. The molecule has 6 nitrogen and oxygen atoms in total. The molecular weight excluding hydrogens is 364 g/mol. The van der Waals surface area contributed by atoms with E-state index >= 15 is 0 Å². The van der Waals surface area contributed by atoms with E-state index in [0.717, 1.165) is 71.1 Å². The first-order chi connectivity index (χ1) is 14.3. The van der Waals surface area contributed by atoms with Crippen LogP contribution in [0.4, 0.5) is 0 Å². The van der Waals surface area contributed by atoms with Gasteiger partial charge in [0.05, 0.1) is 18.9 Å². The van der Waals surface area contributed by atoms with Crippen molar-refractivity contribution in [2.45, 2.75) is 51.1 Å². The highest BCUT2D eigenvalue weighted by Crippen LogP contribution is 2.28. The summed E-state index contributed by atoms with van der Waals surface area (Å²) < 4.78 is 5.58. The highest BCUT2D eigenvalue weighted by molar-refractivity contribution is 5.76. The van der Waals surface area contributed by atoms with Crippen LogP contribution in [-0.4, -0.2) is 84.1 Å². The van der Waals surface area contributed by atoms with Crippen molar-refractivity contribution >= 4 is 5.91 Å². The minimum absolute atomic E-state index is 0.368. The van der Waals surface area contributed by atoms with E-state index in [0.29, 0.717) is 24.3 Å². The second-order valence-corrected chi connectivity index (χ2v) is 8.80. The molecule has 3 aliphatic heterocycles. The molecule has 3 fully saturated rings. The van der Waals surface area contributed by atoms with Crippen LogP contribution in [0.1, 0.15) is 44.2 Å². The largest absolute Gasteiger partial charge is 0.379 e. The lowest BCUT2D eigenvalue weighted by Crippen LogP contribution is -2.54. The highest BCUT2D eigenvalue weighted by Gasteiger charge is 2.34. The number of amides is 1. The average Bonchev–Trinajstić information content (AvgIpc) is 2.79. The van der Waals surface area contributed by atoms with Crippen LogP contribution in [-0.2, 0) is 16.1 Å². The summed E-state index contributed by atoms with van der Waals surface area (Å²) in [5.74, 6) is 0.909. The SMILES string of the molecule is O=C(CC[C@H]1CN(Cc2ccccn2)CC[C@H]1N1CCOCC1)N1CCCCC1. The van der Waals surface area contributed by atoms with Crippen LogP contribution in [0, 0.1) is 5.92 Å². The molecule has 0 N–H and O–H groups in total. The van der Waals surface area contributed by atoms with Crippen molar-refractivity contribution in [3.63, 3.8) is 0 Å². The number of aromatic nitrogens is 1. The Morgan fingerprint density at radius 1 is 1.07 bits per heavy atom. The number of hydrogen-bond donors (Lipinski definition) is 0. The van der Waals surface area contributed by atoms with Gasteiger partial charge in [-0.2, -0.15) is 0 Å². The fourth-order valence-electron chi connectivity index (χ4n) is 5.24. The van der Waals surface area contributed by atoms with Gasteiger partial charge in [0.15, 0.2) is 0 Å². The molecule has 0 bridgehead atoms. The zero-order chi connectivity index (χ0) is 19.9. The van der Waals surface area contributed by atoms with Crippen LogP contribution >= 0.6 is 0 Å². The van der Waals surface area contributed by atoms with Crippen LogP contribution in [0.2, 0.25) is 0 Å². The predicted octanol–water partition coefficient (Wildman–Crippen LogP) is 2.40. The van der Waals surface area contributed by atoms with Crippen LogP contribution in [0.3, 0.4) is 0 Å². The number of morpholine rings is 1. The zero-order valence-electron chi connectivity index (χ0n) is 17.7. The molecule has 0 aromatic carbocycles. The Balaban J connectivity index is 1.37. The third-order valence-corrected chi connectivity index (χ3v) is 6.84. The van der Waals surface area contributed by atoms with E-state index in [1.807, 2.05) is 12.3 Å². The molecule has 2 atom stereocenters. The molecule has 6 heteroatoms. The molecule has 1 amide bonds. The van der Waals surface area contributed by atoms with Crippen LogP contribution in [0.5, 0.6) is 0 Å². The van der Waals surface area contributed by atoms with Gasteiger partial charge < -0.3 is 9.64 Å².